The number of thioether (sulfide) groups is 1. The number of hydrogen-bond donors (Lipinski definition) is 4. The molecule has 0 unspecified atom stereocenters. The number of amides is 2. The van der Waals surface area contributed by atoms with E-state index in [4.69, 9.17) is 26.9 Å². The number of carbonyl (C=O) groups is 5. The fourth-order valence-electron chi connectivity index (χ4n) is 6.34. The maximum absolute atomic E-state index is 13.6. The Morgan fingerprint density at radius 1 is 1.25 bits per heavy atom. The first-order valence-electron chi connectivity index (χ1n) is 15.8. The molecule has 2 amide bonds. The molecule has 0 saturated carbocycles. The van der Waals surface area contributed by atoms with Gasteiger partial charge in [-0.1, -0.05) is 16.8 Å². The van der Waals surface area contributed by atoms with E-state index < -0.39 is 52.1 Å². The van der Waals surface area contributed by atoms with Gasteiger partial charge in [0.25, 0.3) is 18.2 Å². The molecule has 0 spiro atoms. The molecule has 20 heteroatoms. The number of ketones is 1. The van der Waals surface area contributed by atoms with Crippen molar-refractivity contribution in [3.05, 3.63) is 39.8 Å². The Bertz CT molecular complexity index is 1810. The average molecular weight is 767 g/mol. The van der Waals surface area contributed by atoms with Gasteiger partial charge in [-0.25, -0.2) is 4.79 Å². The maximum atomic E-state index is 13.6. The van der Waals surface area contributed by atoms with Crippen LogP contribution in [0.4, 0.5) is 5.13 Å². The highest BCUT2D eigenvalue weighted by Gasteiger charge is 2.55. The van der Waals surface area contributed by atoms with Crippen LogP contribution in [-0.2, 0) is 28.8 Å². The summed E-state index contributed by atoms with van der Waals surface area (Å²) < 4.78 is 9.35. The summed E-state index contributed by atoms with van der Waals surface area (Å²) in [6.07, 6.45) is 1.47. The molecule has 2 atom stereocenters. The summed E-state index contributed by atoms with van der Waals surface area (Å²) in [6, 6.07) is 2.52. The smallest absolute Gasteiger partial charge is 0.352 e. The number of aliphatic carboxylic acids is 1. The second-order valence-electron chi connectivity index (χ2n) is 12.9. The summed E-state index contributed by atoms with van der Waals surface area (Å²) in [5, 5.41) is 33.1. The Hall–Kier alpha value is -4.46. The number of rotatable bonds is 15. The van der Waals surface area contributed by atoms with Crippen LogP contribution in [0, 0.1) is 5.92 Å². The minimum absolute atomic E-state index is 0.0333. The third-order valence-corrected chi connectivity index (χ3v) is 11.3. The standard InChI is InChI=1S/C31H36ClN7O10S2/c1-31(2,48-15-40)49-35-22(25-34-30(33)51-36-25)20(42)12-18-27(45)38-23(29(46)47)16(14-50-28(18)38)13-39(9-4-5-10-39)11-8-37(3)26(44)17-6-7-19(41)24(43)21(17)32/h6-7,15,18,28H,4-5,8-14H2,1-3H3,(H4-,33,34,35,36,41,42,43,44,46,47)/p+1/t18-,28-/m1/s1. The number of nitrogens with two attached hydrogens (primary N) is 1. The van der Waals surface area contributed by atoms with Crippen LogP contribution in [0.25, 0.3) is 0 Å². The predicted octanol–water partition coefficient (Wildman–Crippen LogP) is 2.03. The molecular weight excluding hydrogens is 730 g/mol. The maximum Gasteiger partial charge on any atom is 0.352 e. The number of oxime groups is 1. The number of halogens is 1. The van der Waals surface area contributed by atoms with Crippen molar-refractivity contribution in [1.29, 1.82) is 0 Å². The summed E-state index contributed by atoms with van der Waals surface area (Å²) in [5.41, 5.74) is 5.89. The summed E-state index contributed by atoms with van der Waals surface area (Å²) in [6.45, 7) is 5.57. The van der Waals surface area contributed by atoms with Crippen LogP contribution in [0.5, 0.6) is 11.5 Å². The minimum Gasteiger partial charge on any atom is -0.504 e. The monoisotopic (exact) mass is 766 g/mol. The topological polar surface area (TPSA) is 235 Å². The Kier molecular flexibility index (Phi) is 11.1. The zero-order valence-electron chi connectivity index (χ0n) is 27.9. The number of carbonyl (C=O) groups excluding carboxylic acids is 4. The average Bonchev–Trinajstić information content (AvgIpc) is 3.73. The number of anilines is 1. The van der Waals surface area contributed by atoms with Crippen molar-refractivity contribution in [2.45, 2.75) is 44.3 Å². The van der Waals surface area contributed by atoms with E-state index in [2.05, 4.69) is 14.5 Å². The lowest BCUT2D eigenvalue weighted by molar-refractivity contribution is -0.911. The molecule has 0 radical (unpaired) electrons. The molecule has 5 rings (SSSR count). The fourth-order valence-corrected chi connectivity index (χ4v) is 8.42. The Morgan fingerprint density at radius 2 is 1.96 bits per heavy atom. The highest BCUT2D eigenvalue weighted by molar-refractivity contribution is 8.00. The quantitative estimate of drug-likeness (QED) is 0.0386. The van der Waals surface area contributed by atoms with Gasteiger partial charge in [0, 0.05) is 63.0 Å². The number of fused-ring (bicyclic) bond motifs is 1. The number of aromatic nitrogens is 2. The molecule has 2 aromatic rings. The van der Waals surface area contributed by atoms with Crippen molar-refractivity contribution in [2.24, 2.45) is 11.1 Å². The van der Waals surface area contributed by atoms with Crippen LogP contribution >= 0.6 is 34.9 Å². The molecule has 51 heavy (non-hydrogen) atoms. The van der Waals surface area contributed by atoms with Crippen molar-refractivity contribution >= 4 is 75.8 Å². The van der Waals surface area contributed by atoms with E-state index in [1.807, 2.05) is 0 Å². The van der Waals surface area contributed by atoms with Crippen LogP contribution < -0.4 is 5.73 Å². The van der Waals surface area contributed by atoms with Crippen molar-refractivity contribution in [2.75, 3.05) is 51.3 Å². The third kappa shape index (κ3) is 7.90. The fraction of sp³-hybridized carbons (Fsp3) is 0.484. The number of likely N-dealkylation sites (N-methyl/N-ethyl adjacent to an activating group) is 1. The molecular formula is C31H37ClN7O10S2+. The molecule has 1 aromatic carbocycles. The molecule has 0 bridgehead atoms. The van der Waals surface area contributed by atoms with Gasteiger partial charge in [-0.2, -0.15) is 9.36 Å². The van der Waals surface area contributed by atoms with E-state index in [1.165, 1.54) is 47.5 Å². The highest BCUT2D eigenvalue weighted by atomic mass is 35.5. The van der Waals surface area contributed by atoms with Crippen LogP contribution in [0.3, 0.4) is 0 Å². The molecule has 3 aliphatic rings. The molecule has 3 aliphatic heterocycles. The van der Waals surface area contributed by atoms with Crippen molar-refractivity contribution < 1.29 is 53.3 Å². The van der Waals surface area contributed by atoms with Gasteiger partial charge in [-0.15, -0.1) is 11.8 Å². The second-order valence-corrected chi connectivity index (χ2v) is 15.2. The zero-order valence-corrected chi connectivity index (χ0v) is 30.3. The number of carboxylic acids is 1. The number of carboxylic acid groups (broad SMARTS) is 1. The lowest BCUT2D eigenvalue weighted by Crippen LogP contribution is -2.63. The molecule has 5 N–H and O–H groups in total. The summed E-state index contributed by atoms with van der Waals surface area (Å²) in [5.74, 6) is -6.12. The van der Waals surface area contributed by atoms with E-state index in [0.717, 1.165) is 37.5 Å². The highest BCUT2D eigenvalue weighted by Crippen LogP contribution is 2.46. The van der Waals surface area contributed by atoms with Gasteiger partial charge in [0.05, 0.1) is 48.1 Å². The first kappa shape index (κ1) is 37.8. The number of Topliss-reactive ketones (excluding diaryl/α,β-unsaturated/α-hetero) is 1. The number of nitrogen functional groups attached to an aromatic ring is 1. The van der Waals surface area contributed by atoms with Crippen LogP contribution in [0.2, 0.25) is 5.02 Å². The van der Waals surface area contributed by atoms with Crippen molar-refractivity contribution in [3.8, 4) is 11.5 Å². The van der Waals surface area contributed by atoms with E-state index in [9.17, 15) is 39.3 Å². The Labute approximate surface area is 305 Å². The van der Waals surface area contributed by atoms with Crippen molar-refractivity contribution in [3.63, 3.8) is 0 Å². The first-order valence-corrected chi connectivity index (χ1v) is 18.0. The van der Waals surface area contributed by atoms with Crippen LogP contribution in [0.15, 0.2) is 28.6 Å². The number of hydrogen-bond acceptors (Lipinski definition) is 15. The number of quaternary nitrogens is 1. The molecule has 274 valence electrons. The largest absolute Gasteiger partial charge is 0.504 e. The van der Waals surface area contributed by atoms with Crippen molar-refractivity contribution in [1.82, 2.24) is 19.2 Å². The Balaban J connectivity index is 1.31. The molecule has 1 aromatic heterocycles. The van der Waals surface area contributed by atoms with Gasteiger partial charge in [0.2, 0.25) is 11.7 Å². The number of nitrogens with zero attached hydrogens (tertiary/aromatic N) is 6. The lowest BCUT2D eigenvalue weighted by atomic mass is 9.89. The third-order valence-electron chi connectivity index (χ3n) is 8.99. The number of phenolic OH excluding ortho intramolecular Hbond substituents is 2. The summed E-state index contributed by atoms with van der Waals surface area (Å²) in [7, 11) is 1.60. The SMILES string of the molecule is CN(CC[N+]1(CC2=C(C(=O)O)N3C(=O)[C@@H](CC(=O)/C(=N/OC(C)(C)OC=O)c4nsc(N)n4)[C@H]3SC2)CCCC1)C(=O)c1ccc(O)c(O)c1Cl. The van der Waals surface area contributed by atoms with Gasteiger partial charge in [0.1, 0.15) is 12.2 Å². The van der Waals surface area contributed by atoms with Gasteiger partial charge < -0.3 is 40.0 Å². The molecule has 17 nitrogen and oxygen atoms in total. The number of likely N-dealkylation sites (tertiary alicyclic amines) is 1. The normalized spacial score (nSPS) is 20.0. The molecule has 4 heterocycles. The van der Waals surface area contributed by atoms with Gasteiger partial charge in [-0.3, -0.25) is 24.1 Å². The molecule has 2 saturated heterocycles. The first-order chi connectivity index (χ1) is 24.1. The Morgan fingerprint density at radius 3 is 2.59 bits per heavy atom. The minimum atomic E-state index is -1.53. The number of ether oxygens (including phenoxy) is 1. The van der Waals surface area contributed by atoms with Gasteiger partial charge >= 0.3 is 5.97 Å². The van der Waals surface area contributed by atoms with E-state index in [1.54, 1.807) is 7.05 Å². The van der Waals surface area contributed by atoms with Crippen LogP contribution in [0.1, 0.15) is 49.3 Å². The predicted molar refractivity (Wildman–Crippen MR) is 185 cm³/mol. The van der Waals surface area contributed by atoms with Gasteiger partial charge in [-0.05, 0) is 12.1 Å². The number of aromatic hydroxyl groups is 2. The zero-order chi connectivity index (χ0) is 37.2. The van der Waals surface area contributed by atoms with Crippen LogP contribution in [-0.4, -0.2) is 131 Å². The second kappa shape index (κ2) is 15.0. The number of β-lactam (4-membered cyclic amide) rings is 1. The molecule has 2 fully saturated rings. The molecule has 0 aliphatic carbocycles. The van der Waals surface area contributed by atoms with E-state index in [-0.39, 0.29) is 45.8 Å². The number of phenols is 2. The lowest BCUT2D eigenvalue weighted by Gasteiger charge is -2.50. The van der Waals surface area contributed by atoms with E-state index >= 15 is 0 Å². The summed E-state index contributed by atoms with van der Waals surface area (Å²) >= 11 is 8.30. The van der Waals surface area contributed by atoms with Gasteiger partial charge in [0.15, 0.2) is 28.1 Å². The number of benzene rings is 1. The summed E-state index contributed by atoms with van der Waals surface area (Å²) in [4.78, 5) is 75.7. The van der Waals surface area contributed by atoms with E-state index in [0.29, 0.717) is 35.4 Å².